The van der Waals surface area contributed by atoms with Crippen molar-refractivity contribution in [2.45, 2.75) is 39.2 Å². The Bertz CT molecular complexity index is 1460. The van der Waals surface area contributed by atoms with Crippen molar-refractivity contribution in [2.24, 2.45) is 0 Å². The van der Waals surface area contributed by atoms with Crippen LogP contribution in [0.2, 0.25) is 0 Å². The number of hydrogen-bond acceptors (Lipinski definition) is 8. The van der Waals surface area contributed by atoms with Gasteiger partial charge in [0.1, 0.15) is 35.4 Å². The summed E-state index contributed by atoms with van der Waals surface area (Å²) in [5.74, 6) is 0.534. The van der Waals surface area contributed by atoms with E-state index in [0.29, 0.717) is 35.4 Å². The minimum absolute atomic E-state index is 0.0752. The summed E-state index contributed by atoms with van der Waals surface area (Å²) < 4.78 is 54.1. The van der Waals surface area contributed by atoms with Crippen molar-refractivity contribution >= 4 is 22.7 Å². The molecule has 4 aromatic rings. The van der Waals surface area contributed by atoms with Crippen LogP contribution in [-0.2, 0) is 17.7 Å². The molecule has 210 valence electrons. The average Bonchev–Trinajstić information content (AvgIpc) is 3.70. The van der Waals surface area contributed by atoms with Crippen LogP contribution in [0.25, 0.3) is 11.5 Å². The van der Waals surface area contributed by atoms with Crippen LogP contribution in [-0.4, -0.2) is 54.5 Å². The maximum Gasteiger partial charge on any atom is 0.182 e. The summed E-state index contributed by atoms with van der Waals surface area (Å²) in [6.07, 6.45) is 8.41. The van der Waals surface area contributed by atoms with E-state index in [4.69, 9.17) is 19.6 Å². The Morgan fingerprint density at radius 1 is 1.15 bits per heavy atom. The van der Waals surface area contributed by atoms with Gasteiger partial charge in [0.05, 0.1) is 25.6 Å². The number of ether oxygens (including phenoxy) is 2. The molecule has 5 rings (SSSR count). The molecule has 0 aliphatic heterocycles. The van der Waals surface area contributed by atoms with Crippen molar-refractivity contribution in [2.75, 3.05) is 30.5 Å². The molecule has 0 radical (unpaired) electrons. The second-order valence-corrected chi connectivity index (χ2v) is 11.0. The Labute approximate surface area is 234 Å². The highest BCUT2D eigenvalue weighted by atomic mass is 32.2. The maximum absolute atomic E-state index is 14.9. The smallest absolute Gasteiger partial charge is 0.182 e. The molecule has 1 fully saturated rings. The molecule has 0 amide bonds. The molecule has 0 saturated heterocycles. The van der Waals surface area contributed by atoms with Crippen molar-refractivity contribution in [3.8, 4) is 23.0 Å². The Hall–Kier alpha value is -3.77. The van der Waals surface area contributed by atoms with Crippen molar-refractivity contribution in [3.63, 3.8) is 0 Å². The van der Waals surface area contributed by atoms with Gasteiger partial charge in [-0.1, -0.05) is 11.2 Å². The summed E-state index contributed by atoms with van der Waals surface area (Å²) in [6, 6.07) is 5.97. The zero-order valence-corrected chi connectivity index (χ0v) is 23.3. The highest BCUT2D eigenvalue weighted by Gasteiger charge is 2.32. The molecule has 3 aromatic heterocycles. The van der Waals surface area contributed by atoms with E-state index in [0.717, 1.165) is 29.8 Å². The summed E-state index contributed by atoms with van der Waals surface area (Å²) in [5, 5.41) is 7.98. The predicted octanol–water partition coefficient (Wildman–Crippen LogP) is 5.15. The van der Waals surface area contributed by atoms with Gasteiger partial charge in [-0.05, 0) is 38.8 Å². The number of pyridine rings is 1. The number of aromatic nitrogens is 5. The first kappa shape index (κ1) is 27.8. The van der Waals surface area contributed by atoms with Gasteiger partial charge in [0.25, 0.3) is 0 Å². The van der Waals surface area contributed by atoms with E-state index < -0.39 is 22.8 Å². The molecule has 1 atom stereocenters. The Morgan fingerprint density at radius 3 is 2.52 bits per heavy atom. The third kappa shape index (κ3) is 6.34. The molecular formula is C28H30F2N6O3S. The third-order valence-corrected chi connectivity index (χ3v) is 7.22. The van der Waals surface area contributed by atoms with E-state index in [1.807, 2.05) is 6.92 Å². The molecule has 1 aliphatic rings. The molecule has 1 unspecified atom stereocenters. The molecule has 12 heteroatoms. The van der Waals surface area contributed by atoms with Crippen LogP contribution in [0.5, 0.6) is 11.5 Å². The van der Waals surface area contributed by atoms with Gasteiger partial charge in [0.15, 0.2) is 17.4 Å². The standard InChI is InChI=1S/C28H30F2N6O3S/c1-4-38-20-13-22(29)21(23(30)14-20)16-36-26(18-5-6-18)17(2)25(35-36)28-32-15-24(39-11-12-40(3)37)27(34-28)33-19-7-9-31-10-8-19/h7-10,13-15,18H,4-6,11-12,16H2,1-3H3,(H,31,32,33,34). The summed E-state index contributed by atoms with van der Waals surface area (Å²) >= 11 is -1.01. The maximum atomic E-state index is 14.9. The summed E-state index contributed by atoms with van der Waals surface area (Å²) in [4.78, 5) is 13.3. The SMILES string of the molecule is CCOc1cc(F)c(Cn2nc(-c3ncc(OCC[S+](C)[O-])c(Nc4ccncc4)n3)c(C)c2C2CC2)c(F)c1. The molecule has 0 bridgehead atoms. The highest BCUT2D eigenvalue weighted by molar-refractivity contribution is 7.90. The lowest BCUT2D eigenvalue weighted by molar-refractivity contribution is 0.335. The van der Waals surface area contributed by atoms with Crippen LogP contribution in [0, 0.1) is 18.6 Å². The molecule has 1 aliphatic carbocycles. The lowest BCUT2D eigenvalue weighted by atomic mass is 10.1. The molecule has 40 heavy (non-hydrogen) atoms. The lowest BCUT2D eigenvalue weighted by Gasteiger charge is -2.13. The van der Waals surface area contributed by atoms with Crippen molar-refractivity contribution in [1.82, 2.24) is 24.7 Å². The molecule has 9 nitrogen and oxygen atoms in total. The van der Waals surface area contributed by atoms with Crippen LogP contribution in [0.1, 0.15) is 42.5 Å². The van der Waals surface area contributed by atoms with E-state index in [2.05, 4.69) is 15.3 Å². The molecule has 1 saturated carbocycles. The van der Waals surface area contributed by atoms with Crippen molar-refractivity contribution in [3.05, 3.63) is 71.3 Å². The number of anilines is 2. The third-order valence-electron chi connectivity index (χ3n) is 6.47. The number of hydrogen-bond donors (Lipinski definition) is 1. The van der Waals surface area contributed by atoms with E-state index in [-0.39, 0.29) is 30.4 Å². The van der Waals surface area contributed by atoms with Crippen molar-refractivity contribution < 1.29 is 22.8 Å². The van der Waals surface area contributed by atoms with E-state index in [1.54, 1.807) is 48.6 Å². The minimum atomic E-state index is -1.01. The highest BCUT2D eigenvalue weighted by Crippen LogP contribution is 2.44. The Balaban J connectivity index is 1.50. The van der Waals surface area contributed by atoms with E-state index in [9.17, 15) is 13.3 Å². The molecule has 1 aromatic carbocycles. The first-order chi connectivity index (χ1) is 19.3. The van der Waals surface area contributed by atoms with Crippen LogP contribution in [0.3, 0.4) is 0 Å². The zero-order valence-electron chi connectivity index (χ0n) is 22.5. The monoisotopic (exact) mass is 568 g/mol. The largest absolute Gasteiger partial charge is 0.616 e. The van der Waals surface area contributed by atoms with Crippen LogP contribution < -0.4 is 14.8 Å². The van der Waals surface area contributed by atoms with Gasteiger partial charge in [-0.15, -0.1) is 0 Å². The fourth-order valence-corrected chi connectivity index (χ4v) is 4.74. The van der Waals surface area contributed by atoms with Gasteiger partial charge < -0.3 is 19.3 Å². The second-order valence-electron chi connectivity index (χ2n) is 9.48. The summed E-state index contributed by atoms with van der Waals surface area (Å²) in [6.45, 7) is 4.15. The zero-order chi connectivity index (χ0) is 28.2. The van der Waals surface area contributed by atoms with Gasteiger partial charge in [-0.3, -0.25) is 9.67 Å². The topological polar surface area (TPSA) is 110 Å². The van der Waals surface area contributed by atoms with Crippen LogP contribution in [0.15, 0.2) is 42.9 Å². The first-order valence-electron chi connectivity index (χ1n) is 13.0. The first-order valence-corrected chi connectivity index (χ1v) is 14.7. The normalized spacial score (nSPS) is 13.8. The number of halogens is 2. The number of rotatable bonds is 12. The summed E-state index contributed by atoms with van der Waals surface area (Å²) in [7, 11) is 0. The number of benzene rings is 1. The summed E-state index contributed by atoms with van der Waals surface area (Å²) in [5.41, 5.74) is 2.95. The van der Waals surface area contributed by atoms with Gasteiger partial charge in [-0.25, -0.2) is 18.7 Å². The van der Waals surface area contributed by atoms with E-state index in [1.165, 1.54) is 12.1 Å². The second kappa shape index (κ2) is 12.2. The van der Waals surface area contributed by atoms with E-state index >= 15 is 0 Å². The van der Waals surface area contributed by atoms with Gasteiger partial charge in [0.2, 0.25) is 0 Å². The van der Waals surface area contributed by atoms with Crippen LogP contribution >= 0.6 is 0 Å². The van der Waals surface area contributed by atoms with Gasteiger partial charge >= 0.3 is 0 Å². The van der Waals surface area contributed by atoms with Crippen LogP contribution in [0.4, 0.5) is 20.3 Å². The lowest BCUT2D eigenvalue weighted by Crippen LogP contribution is -2.13. The fourth-order valence-electron chi connectivity index (χ4n) is 4.42. The predicted molar refractivity (Wildman–Crippen MR) is 149 cm³/mol. The molecule has 3 heterocycles. The Morgan fingerprint density at radius 2 is 1.88 bits per heavy atom. The fraction of sp³-hybridized carbons (Fsp3) is 0.357. The molecular weight excluding hydrogens is 538 g/mol. The number of nitrogens with one attached hydrogen (secondary N) is 1. The Kier molecular flexibility index (Phi) is 8.46. The average molecular weight is 569 g/mol. The van der Waals surface area contributed by atoms with Gasteiger partial charge in [-0.2, -0.15) is 5.10 Å². The minimum Gasteiger partial charge on any atom is -0.616 e. The number of nitrogens with zero attached hydrogens (tertiary/aromatic N) is 5. The van der Waals surface area contributed by atoms with Crippen molar-refractivity contribution in [1.29, 1.82) is 0 Å². The quantitative estimate of drug-likeness (QED) is 0.234. The molecule has 0 spiro atoms. The molecule has 1 N–H and O–H groups in total. The van der Waals surface area contributed by atoms with Gasteiger partial charge in [0, 0.05) is 53.0 Å².